The second-order valence-electron chi connectivity index (χ2n) is 11.9. The molecular formula is C28H39NO7. The number of rotatable bonds is 3. The minimum absolute atomic E-state index is 0.200. The highest BCUT2D eigenvalue weighted by atomic mass is 16.7. The SMILES string of the molecule is CC1=CC=C(C)OC(=O)OC(C)(C2=CC2)CC2CC2C(C2CC2)OC(=O)C(NC(=O)OC(C)(C)C)C1. The molecule has 0 saturated heterocycles. The van der Waals surface area contributed by atoms with Gasteiger partial charge in [0.2, 0.25) is 0 Å². The Balaban J connectivity index is 1.58. The molecule has 8 nitrogen and oxygen atoms in total. The molecule has 8 heteroatoms. The van der Waals surface area contributed by atoms with Gasteiger partial charge in [-0.1, -0.05) is 17.7 Å². The Morgan fingerprint density at radius 2 is 1.83 bits per heavy atom. The van der Waals surface area contributed by atoms with Crippen LogP contribution >= 0.6 is 0 Å². The van der Waals surface area contributed by atoms with E-state index in [9.17, 15) is 14.4 Å². The van der Waals surface area contributed by atoms with Gasteiger partial charge in [0, 0.05) is 0 Å². The number of cyclic esters (lactones) is 3. The first-order valence-corrected chi connectivity index (χ1v) is 13.0. The summed E-state index contributed by atoms with van der Waals surface area (Å²) in [5.74, 6) is 0.763. The number of carbonyl (C=O) groups excluding carboxylic acids is 3. The number of ether oxygens (including phenoxy) is 4. The Labute approximate surface area is 213 Å². The van der Waals surface area contributed by atoms with E-state index in [1.54, 1.807) is 39.8 Å². The molecule has 198 valence electrons. The molecule has 4 rings (SSSR count). The third kappa shape index (κ3) is 7.14. The van der Waals surface area contributed by atoms with Crippen molar-refractivity contribution in [3.8, 4) is 0 Å². The number of esters is 1. The van der Waals surface area contributed by atoms with Crippen molar-refractivity contribution in [1.82, 2.24) is 5.32 Å². The molecule has 2 saturated carbocycles. The van der Waals surface area contributed by atoms with Crippen LogP contribution in [-0.4, -0.2) is 41.6 Å². The second-order valence-corrected chi connectivity index (χ2v) is 11.9. The highest BCUT2D eigenvalue weighted by Crippen LogP contribution is 2.55. The van der Waals surface area contributed by atoms with Crippen LogP contribution < -0.4 is 5.32 Å². The van der Waals surface area contributed by atoms with Crippen LogP contribution in [0.5, 0.6) is 0 Å². The summed E-state index contributed by atoms with van der Waals surface area (Å²) in [4.78, 5) is 38.5. The molecule has 1 aliphatic heterocycles. The topological polar surface area (TPSA) is 100 Å². The van der Waals surface area contributed by atoms with Crippen LogP contribution in [-0.2, 0) is 23.7 Å². The maximum Gasteiger partial charge on any atom is 0.514 e. The summed E-state index contributed by atoms with van der Waals surface area (Å²) in [5.41, 5.74) is 0.491. The van der Waals surface area contributed by atoms with Crippen LogP contribution in [0.1, 0.15) is 80.1 Å². The molecule has 0 spiro atoms. The molecule has 3 aliphatic carbocycles. The predicted octanol–water partition coefficient (Wildman–Crippen LogP) is 5.72. The summed E-state index contributed by atoms with van der Waals surface area (Å²) in [6, 6.07) is -0.885. The maximum atomic E-state index is 13.4. The summed E-state index contributed by atoms with van der Waals surface area (Å²) in [6.45, 7) is 10.8. The van der Waals surface area contributed by atoms with Crippen molar-refractivity contribution in [2.45, 2.75) is 103 Å². The molecule has 36 heavy (non-hydrogen) atoms. The molecule has 0 bridgehead atoms. The average molecular weight is 502 g/mol. The van der Waals surface area contributed by atoms with Crippen molar-refractivity contribution in [3.05, 3.63) is 35.1 Å². The van der Waals surface area contributed by atoms with Gasteiger partial charge in [0.15, 0.2) is 0 Å². The zero-order valence-corrected chi connectivity index (χ0v) is 22.2. The fraction of sp³-hybridized carbons (Fsp3) is 0.679. The molecule has 0 aromatic heterocycles. The summed E-state index contributed by atoms with van der Waals surface area (Å²) < 4.78 is 22.7. The van der Waals surface area contributed by atoms with Crippen LogP contribution in [0.15, 0.2) is 35.1 Å². The van der Waals surface area contributed by atoms with Gasteiger partial charge < -0.3 is 24.3 Å². The lowest BCUT2D eigenvalue weighted by Gasteiger charge is -2.29. The van der Waals surface area contributed by atoms with E-state index < -0.39 is 35.5 Å². The number of carbonyl (C=O) groups is 3. The van der Waals surface area contributed by atoms with Gasteiger partial charge in [-0.25, -0.2) is 14.4 Å². The van der Waals surface area contributed by atoms with Crippen LogP contribution in [0.2, 0.25) is 0 Å². The van der Waals surface area contributed by atoms with Gasteiger partial charge in [-0.2, -0.15) is 0 Å². The Bertz CT molecular complexity index is 1000. The van der Waals surface area contributed by atoms with E-state index in [1.807, 2.05) is 13.8 Å². The number of nitrogens with one attached hydrogen (secondary N) is 1. The Morgan fingerprint density at radius 3 is 2.44 bits per heavy atom. The van der Waals surface area contributed by atoms with Crippen molar-refractivity contribution in [2.24, 2.45) is 17.8 Å². The number of alkyl carbamates (subject to hydrolysis) is 1. The van der Waals surface area contributed by atoms with Gasteiger partial charge in [0.1, 0.15) is 29.1 Å². The van der Waals surface area contributed by atoms with Crippen molar-refractivity contribution in [1.29, 1.82) is 0 Å². The number of fused-ring (bicyclic) bond motifs is 1. The van der Waals surface area contributed by atoms with Crippen LogP contribution in [0.4, 0.5) is 9.59 Å². The first-order chi connectivity index (χ1) is 16.8. The predicted molar refractivity (Wildman–Crippen MR) is 133 cm³/mol. The quantitative estimate of drug-likeness (QED) is 0.300. The van der Waals surface area contributed by atoms with Gasteiger partial charge in [0.05, 0.1) is 0 Å². The van der Waals surface area contributed by atoms with Gasteiger partial charge in [-0.3, -0.25) is 0 Å². The third-order valence-corrected chi connectivity index (χ3v) is 7.13. The van der Waals surface area contributed by atoms with Gasteiger partial charge in [0.25, 0.3) is 0 Å². The number of amides is 1. The maximum absolute atomic E-state index is 13.4. The van der Waals surface area contributed by atoms with Gasteiger partial charge in [-0.15, -0.1) is 0 Å². The summed E-state index contributed by atoms with van der Waals surface area (Å²) in [6.07, 6.45) is 8.60. The molecular weight excluding hydrogens is 462 g/mol. The van der Waals surface area contributed by atoms with Crippen molar-refractivity contribution < 1.29 is 33.3 Å². The summed E-state index contributed by atoms with van der Waals surface area (Å²) in [7, 11) is 0. The van der Waals surface area contributed by atoms with Gasteiger partial charge >= 0.3 is 18.2 Å². The monoisotopic (exact) mass is 501 g/mol. The fourth-order valence-corrected chi connectivity index (χ4v) is 4.97. The van der Waals surface area contributed by atoms with E-state index in [0.29, 0.717) is 18.1 Å². The molecule has 1 N–H and O–H groups in total. The molecule has 4 aliphatic rings. The second kappa shape index (κ2) is 9.94. The molecule has 0 aromatic carbocycles. The Hall–Kier alpha value is -2.77. The lowest BCUT2D eigenvalue weighted by atomic mass is 9.93. The molecule has 5 unspecified atom stereocenters. The number of allylic oxidation sites excluding steroid dienone is 4. The van der Waals surface area contributed by atoms with Crippen molar-refractivity contribution in [2.75, 3.05) is 0 Å². The van der Waals surface area contributed by atoms with Gasteiger partial charge in [-0.05, 0) is 109 Å². The zero-order chi connectivity index (χ0) is 26.3. The summed E-state index contributed by atoms with van der Waals surface area (Å²) >= 11 is 0. The third-order valence-electron chi connectivity index (χ3n) is 7.13. The van der Waals surface area contributed by atoms with Crippen LogP contribution in [0, 0.1) is 17.8 Å². The highest BCUT2D eigenvalue weighted by molar-refractivity contribution is 5.82. The van der Waals surface area contributed by atoms with Crippen LogP contribution in [0.3, 0.4) is 0 Å². The fourth-order valence-electron chi connectivity index (χ4n) is 4.97. The van der Waals surface area contributed by atoms with Crippen LogP contribution in [0.25, 0.3) is 0 Å². The van der Waals surface area contributed by atoms with E-state index in [0.717, 1.165) is 36.8 Å². The average Bonchev–Trinajstić information content (AvgIpc) is 3.57. The van der Waals surface area contributed by atoms with E-state index in [-0.39, 0.29) is 24.4 Å². The minimum Gasteiger partial charge on any atom is -0.460 e. The van der Waals surface area contributed by atoms with Crippen molar-refractivity contribution >= 4 is 18.2 Å². The Morgan fingerprint density at radius 1 is 1.14 bits per heavy atom. The molecule has 2 fully saturated rings. The molecule has 1 heterocycles. The lowest BCUT2D eigenvalue weighted by molar-refractivity contribution is -0.154. The zero-order valence-electron chi connectivity index (χ0n) is 22.2. The first kappa shape index (κ1) is 26.3. The first-order valence-electron chi connectivity index (χ1n) is 13.0. The van der Waals surface area contributed by atoms with Crippen molar-refractivity contribution in [3.63, 3.8) is 0 Å². The molecule has 5 atom stereocenters. The van der Waals surface area contributed by atoms with E-state index in [1.165, 1.54) is 0 Å². The standard InChI is InChI=1S/C28H39NO7/c1-16-7-8-17(2)33-26(32)36-28(6,20-11-12-20)15-19-14-21(19)23(18-9-10-18)34-24(30)22(13-16)29-25(31)35-27(3,4)5/h7-8,11,18-19,21-23H,9-10,12-15H2,1-6H3,(H,29,31). The lowest BCUT2D eigenvalue weighted by Crippen LogP contribution is -2.45. The Kier molecular flexibility index (Phi) is 7.26. The van der Waals surface area contributed by atoms with E-state index >= 15 is 0 Å². The smallest absolute Gasteiger partial charge is 0.460 e. The molecule has 1 amide bonds. The largest absolute Gasteiger partial charge is 0.514 e. The minimum atomic E-state index is -0.885. The molecule has 0 radical (unpaired) electrons. The van der Waals surface area contributed by atoms with E-state index in [2.05, 4.69) is 11.4 Å². The number of hydrogen-bond acceptors (Lipinski definition) is 7. The number of hydrogen-bond donors (Lipinski definition) is 1. The highest BCUT2D eigenvalue weighted by Gasteiger charge is 2.54. The summed E-state index contributed by atoms with van der Waals surface area (Å²) in [5, 5.41) is 2.71. The normalized spacial score (nSPS) is 33.4. The van der Waals surface area contributed by atoms with E-state index in [4.69, 9.17) is 18.9 Å². The molecule has 0 aromatic rings.